The fourth-order valence-corrected chi connectivity index (χ4v) is 2.93. The zero-order chi connectivity index (χ0) is 16.1. The van der Waals surface area contributed by atoms with Crippen LogP contribution in [-0.4, -0.2) is 17.9 Å². The Morgan fingerprint density at radius 3 is 2.14 bits per heavy atom. The fourth-order valence-electron chi connectivity index (χ4n) is 2.93. The predicted octanol–water partition coefficient (Wildman–Crippen LogP) is 4.37. The van der Waals surface area contributed by atoms with Crippen molar-refractivity contribution in [1.82, 2.24) is 4.90 Å². The lowest BCUT2D eigenvalue weighted by Gasteiger charge is -2.35. The van der Waals surface area contributed by atoms with Crippen molar-refractivity contribution in [3.63, 3.8) is 0 Å². The Hall–Kier alpha value is -2.29. The van der Waals surface area contributed by atoms with Crippen molar-refractivity contribution in [3.8, 4) is 5.75 Å². The smallest absolute Gasteiger partial charge is 0.220 e. The van der Waals surface area contributed by atoms with Crippen LogP contribution in [0.2, 0.25) is 0 Å². The van der Waals surface area contributed by atoms with Crippen LogP contribution in [0.15, 0.2) is 54.6 Å². The van der Waals surface area contributed by atoms with Gasteiger partial charge in [-0.15, -0.1) is 0 Å². The molecule has 116 valence electrons. The van der Waals surface area contributed by atoms with Crippen molar-refractivity contribution in [2.45, 2.75) is 32.9 Å². The molecule has 0 saturated heterocycles. The summed E-state index contributed by atoms with van der Waals surface area (Å²) in [6.07, 6.45) is 0. The van der Waals surface area contributed by atoms with E-state index in [1.54, 1.807) is 14.0 Å². The average Bonchev–Trinajstić information content (AvgIpc) is 2.55. The van der Waals surface area contributed by atoms with Gasteiger partial charge in [-0.2, -0.15) is 0 Å². The highest BCUT2D eigenvalue weighted by molar-refractivity contribution is 5.74. The molecule has 2 unspecified atom stereocenters. The van der Waals surface area contributed by atoms with Crippen LogP contribution in [0.1, 0.15) is 44.0 Å². The summed E-state index contributed by atoms with van der Waals surface area (Å²) >= 11 is 0. The first-order chi connectivity index (χ1) is 10.6. The molecule has 0 bridgehead atoms. The summed E-state index contributed by atoms with van der Waals surface area (Å²) in [7, 11) is 1.66. The van der Waals surface area contributed by atoms with E-state index in [1.165, 1.54) is 0 Å². The quantitative estimate of drug-likeness (QED) is 0.820. The Balaban J connectivity index is 2.37. The molecule has 22 heavy (non-hydrogen) atoms. The molecule has 0 aliphatic carbocycles. The lowest BCUT2D eigenvalue weighted by Crippen LogP contribution is -2.34. The molecule has 0 aromatic heterocycles. The number of ether oxygens (including phenoxy) is 1. The number of nitrogens with zero attached hydrogens (tertiary/aromatic N) is 1. The standard InChI is InChI=1S/C19H23NO2/c1-14(17-10-6-5-7-11-17)20(16(3)21)15(2)18-12-8-9-13-19(18)22-4/h5-15H,1-4H3. The minimum absolute atomic E-state index is 0.00128. The van der Waals surface area contributed by atoms with E-state index in [-0.39, 0.29) is 18.0 Å². The molecule has 0 N–H and O–H groups in total. The zero-order valence-electron chi connectivity index (χ0n) is 13.6. The number of methoxy groups -OCH3 is 1. The van der Waals surface area contributed by atoms with Crippen LogP contribution >= 0.6 is 0 Å². The highest BCUT2D eigenvalue weighted by atomic mass is 16.5. The average molecular weight is 297 g/mol. The topological polar surface area (TPSA) is 29.5 Å². The molecule has 2 aromatic carbocycles. The van der Waals surface area contributed by atoms with E-state index in [4.69, 9.17) is 4.74 Å². The number of amides is 1. The van der Waals surface area contributed by atoms with E-state index in [9.17, 15) is 4.79 Å². The van der Waals surface area contributed by atoms with Gasteiger partial charge in [0, 0.05) is 12.5 Å². The van der Waals surface area contributed by atoms with Crippen molar-refractivity contribution in [2.75, 3.05) is 7.11 Å². The lowest BCUT2D eigenvalue weighted by molar-refractivity contribution is -0.133. The normalized spacial score (nSPS) is 13.3. The van der Waals surface area contributed by atoms with Crippen molar-refractivity contribution < 1.29 is 9.53 Å². The van der Waals surface area contributed by atoms with Crippen LogP contribution < -0.4 is 4.74 Å². The Morgan fingerprint density at radius 2 is 1.55 bits per heavy atom. The van der Waals surface area contributed by atoms with E-state index >= 15 is 0 Å². The first-order valence-corrected chi connectivity index (χ1v) is 7.53. The highest BCUT2D eigenvalue weighted by Crippen LogP contribution is 2.34. The first kappa shape index (κ1) is 16.1. The van der Waals surface area contributed by atoms with E-state index in [1.807, 2.05) is 54.3 Å². The van der Waals surface area contributed by atoms with Gasteiger partial charge in [-0.3, -0.25) is 4.79 Å². The number of carbonyl (C=O) groups is 1. The molecule has 0 spiro atoms. The molecule has 0 fully saturated rings. The SMILES string of the molecule is COc1ccccc1C(C)N(C(C)=O)C(C)c1ccccc1. The van der Waals surface area contributed by atoms with Gasteiger partial charge in [0.2, 0.25) is 5.91 Å². The summed E-state index contributed by atoms with van der Waals surface area (Å²) in [6.45, 7) is 5.71. The monoisotopic (exact) mass is 297 g/mol. The third kappa shape index (κ3) is 3.30. The maximum atomic E-state index is 12.3. The number of para-hydroxylation sites is 1. The Bertz CT molecular complexity index is 624. The summed E-state index contributed by atoms with van der Waals surface area (Å²) in [4.78, 5) is 14.2. The van der Waals surface area contributed by atoms with Gasteiger partial charge in [0.15, 0.2) is 0 Å². The Morgan fingerprint density at radius 1 is 0.955 bits per heavy atom. The molecular weight excluding hydrogens is 274 g/mol. The van der Waals surface area contributed by atoms with Crippen molar-refractivity contribution in [2.24, 2.45) is 0 Å². The molecule has 3 nitrogen and oxygen atoms in total. The summed E-state index contributed by atoms with van der Waals surface area (Å²) in [5.41, 5.74) is 2.14. The van der Waals surface area contributed by atoms with Crippen LogP contribution in [-0.2, 0) is 4.79 Å². The maximum Gasteiger partial charge on any atom is 0.220 e. The second kappa shape index (κ2) is 7.12. The molecule has 2 aromatic rings. The number of benzene rings is 2. The molecule has 2 rings (SSSR count). The first-order valence-electron chi connectivity index (χ1n) is 7.53. The molecule has 0 heterocycles. The third-order valence-electron chi connectivity index (χ3n) is 4.07. The van der Waals surface area contributed by atoms with Gasteiger partial charge in [0.05, 0.1) is 19.2 Å². The van der Waals surface area contributed by atoms with E-state index in [0.29, 0.717) is 0 Å². The highest BCUT2D eigenvalue weighted by Gasteiger charge is 2.26. The molecule has 1 amide bonds. The fraction of sp³-hybridized carbons (Fsp3) is 0.316. The molecule has 3 heteroatoms. The second-order valence-corrected chi connectivity index (χ2v) is 5.43. The van der Waals surface area contributed by atoms with Gasteiger partial charge in [-0.1, -0.05) is 48.5 Å². The van der Waals surface area contributed by atoms with Gasteiger partial charge >= 0.3 is 0 Å². The van der Waals surface area contributed by atoms with Crippen LogP contribution in [0.3, 0.4) is 0 Å². The molecule has 0 aliphatic heterocycles. The number of hydrogen-bond acceptors (Lipinski definition) is 2. The summed E-state index contributed by atoms with van der Waals surface area (Å²) < 4.78 is 5.44. The lowest BCUT2D eigenvalue weighted by atomic mass is 10.0. The molecular formula is C19H23NO2. The summed E-state index contributed by atoms with van der Waals surface area (Å²) in [5.74, 6) is 0.858. The number of rotatable bonds is 5. The minimum Gasteiger partial charge on any atom is -0.496 e. The largest absolute Gasteiger partial charge is 0.496 e. The molecule has 0 aliphatic rings. The van der Waals surface area contributed by atoms with Gasteiger partial charge in [-0.05, 0) is 25.5 Å². The van der Waals surface area contributed by atoms with Gasteiger partial charge < -0.3 is 9.64 Å². The van der Waals surface area contributed by atoms with E-state index < -0.39 is 0 Å². The van der Waals surface area contributed by atoms with Gasteiger partial charge in [-0.25, -0.2) is 0 Å². The predicted molar refractivity (Wildman–Crippen MR) is 88.8 cm³/mol. The van der Waals surface area contributed by atoms with Crippen molar-refractivity contribution >= 4 is 5.91 Å². The Kier molecular flexibility index (Phi) is 5.21. The Labute approximate surface area is 132 Å². The summed E-state index contributed by atoms with van der Waals surface area (Å²) in [6, 6.07) is 17.9. The molecule has 0 saturated carbocycles. The van der Waals surface area contributed by atoms with Crippen LogP contribution in [0, 0.1) is 0 Å². The van der Waals surface area contributed by atoms with E-state index in [0.717, 1.165) is 16.9 Å². The van der Waals surface area contributed by atoms with Crippen LogP contribution in [0.4, 0.5) is 0 Å². The zero-order valence-corrected chi connectivity index (χ0v) is 13.6. The van der Waals surface area contributed by atoms with E-state index in [2.05, 4.69) is 19.1 Å². The number of carbonyl (C=O) groups excluding carboxylic acids is 1. The molecule has 2 atom stereocenters. The minimum atomic E-state index is -0.0659. The maximum absolute atomic E-state index is 12.3. The van der Waals surface area contributed by atoms with Crippen molar-refractivity contribution in [1.29, 1.82) is 0 Å². The van der Waals surface area contributed by atoms with Crippen LogP contribution in [0.25, 0.3) is 0 Å². The third-order valence-corrected chi connectivity index (χ3v) is 4.07. The second-order valence-electron chi connectivity index (χ2n) is 5.43. The summed E-state index contributed by atoms with van der Waals surface area (Å²) in [5, 5.41) is 0. The van der Waals surface area contributed by atoms with Gasteiger partial charge in [0.1, 0.15) is 5.75 Å². The number of hydrogen-bond donors (Lipinski definition) is 0. The van der Waals surface area contributed by atoms with Crippen molar-refractivity contribution in [3.05, 3.63) is 65.7 Å². The van der Waals surface area contributed by atoms with Gasteiger partial charge in [0.25, 0.3) is 0 Å². The molecule has 0 radical (unpaired) electrons. The van der Waals surface area contributed by atoms with Crippen LogP contribution in [0.5, 0.6) is 5.75 Å².